The molecule has 0 fully saturated rings. The zero-order valence-corrected chi connectivity index (χ0v) is 14.1. The number of pyridine rings is 1. The molecule has 0 unspecified atom stereocenters. The monoisotopic (exact) mass is 411 g/mol. The highest BCUT2D eigenvalue weighted by Gasteiger charge is 2.06. The number of aromatic hydroxyl groups is 1. The molecule has 0 aliphatic heterocycles. The summed E-state index contributed by atoms with van der Waals surface area (Å²) in [5, 5.41) is 13.5. The van der Waals surface area contributed by atoms with Gasteiger partial charge in [-0.3, -0.25) is 9.78 Å². The number of nitrogens with one attached hydrogen (secondary N) is 1. The minimum absolute atomic E-state index is 0.0914. The van der Waals surface area contributed by atoms with Crippen molar-refractivity contribution in [2.45, 2.75) is 6.92 Å². The lowest BCUT2D eigenvalue weighted by molar-refractivity contribution is 0.0955. The van der Waals surface area contributed by atoms with Gasteiger partial charge in [0.05, 0.1) is 16.3 Å². The van der Waals surface area contributed by atoms with Gasteiger partial charge in [0.25, 0.3) is 5.91 Å². The number of nitrogens with zero attached hydrogens (tertiary/aromatic N) is 2. The maximum absolute atomic E-state index is 11.8. The second-order valence-electron chi connectivity index (χ2n) is 4.21. The van der Waals surface area contributed by atoms with Crippen LogP contribution < -0.4 is 5.43 Å². The highest BCUT2D eigenvalue weighted by atomic mass is 79.9. The van der Waals surface area contributed by atoms with Crippen LogP contribution in [-0.4, -0.2) is 22.2 Å². The number of hydrogen-bond donors (Lipinski definition) is 2. The second kappa shape index (κ2) is 6.82. The normalized spacial score (nSPS) is 10.8. The minimum atomic E-state index is -0.351. The summed E-state index contributed by atoms with van der Waals surface area (Å²) in [6, 6.07) is 6.65. The highest BCUT2D eigenvalue weighted by molar-refractivity contribution is 9.11. The summed E-state index contributed by atoms with van der Waals surface area (Å²) in [5.74, 6) is -0.259. The molecular weight excluding hydrogens is 402 g/mol. The summed E-state index contributed by atoms with van der Waals surface area (Å²) in [4.78, 5) is 15.9. The molecule has 21 heavy (non-hydrogen) atoms. The Hall–Kier alpha value is -1.73. The number of carbonyl (C=O) groups excluding carboxylic acids is 1. The van der Waals surface area contributed by atoms with Gasteiger partial charge in [0.1, 0.15) is 5.75 Å². The quantitative estimate of drug-likeness (QED) is 0.599. The maximum Gasteiger partial charge on any atom is 0.272 e. The Morgan fingerprint density at radius 1 is 1.33 bits per heavy atom. The molecule has 0 radical (unpaired) electrons. The first kappa shape index (κ1) is 15.7. The highest BCUT2D eigenvalue weighted by Crippen LogP contribution is 2.29. The van der Waals surface area contributed by atoms with Gasteiger partial charge in [0.15, 0.2) is 0 Å². The molecule has 0 bridgehead atoms. The van der Waals surface area contributed by atoms with E-state index in [2.05, 4.69) is 47.4 Å². The number of hydrazone groups is 1. The molecule has 2 N–H and O–H groups in total. The van der Waals surface area contributed by atoms with E-state index in [0.29, 0.717) is 15.6 Å². The average Bonchev–Trinajstić information content (AvgIpc) is 2.45. The van der Waals surface area contributed by atoms with E-state index < -0.39 is 0 Å². The molecule has 1 heterocycles. The van der Waals surface area contributed by atoms with Gasteiger partial charge >= 0.3 is 0 Å². The van der Waals surface area contributed by atoms with Gasteiger partial charge in [-0.25, -0.2) is 5.43 Å². The van der Waals surface area contributed by atoms with Gasteiger partial charge in [-0.05, 0) is 47.1 Å². The SMILES string of the molecule is Cc1ccc(C(=O)NN=Cc2cc(O)c(Br)cc2Br)cn1. The van der Waals surface area contributed by atoms with Crippen LogP contribution in [0.4, 0.5) is 0 Å². The summed E-state index contributed by atoms with van der Waals surface area (Å²) >= 11 is 6.55. The van der Waals surface area contributed by atoms with Crippen LogP contribution in [0.25, 0.3) is 0 Å². The van der Waals surface area contributed by atoms with Crippen LogP contribution in [0.5, 0.6) is 5.75 Å². The largest absolute Gasteiger partial charge is 0.507 e. The van der Waals surface area contributed by atoms with Crippen LogP contribution in [0.1, 0.15) is 21.6 Å². The molecular formula is C14H11Br2N3O2. The molecule has 0 saturated heterocycles. The fourth-order valence-corrected chi connectivity index (χ4v) is 2.58. The molecule has 0 aliphatic carbocycles. The number of hydrogen-bond acceptors (Lipinski definition) is 4. The summed E-state index contributed by atoms with van der Waals surface area (Å²) in [6.07, 6.45) is 2.93. The van der Waals surface area contributed by atoms with Crippen molar-refractivity contribution >= 4 is 44.0 Å². The number of halogens is 2. The van der Waals surface area contributed by atoms with Gasteiger partial charge in [-0.15, -0.1) is 0 Å². The third kappa shape index (κ3) is 4.12. The number of rotatable bonds is 3. The summed E-state index contributed by atoms with van der Waals surface area (Å²) < 4.78 is 1.31. The van der Waals surface area contributed by atoms with Crippen LogP contribution in [0.2, 0.25) is 0 Å². The standard InChI is InChI=1S/C14H11Br2N3O2/c1-8-2-3-9(6-17-8)14(21)19-18-7-10-4-13(20)12(16)5-11(10)15/h2-7,20H,1H3,(H,19,21). The van der Waals surface area contributed by atoms with E-state index in [4.69, 9.17) is 0 Å². The Morgan fingerprint density at radius 2 is 2.10 bits per heavy atom. The number of carbonyl (C=O) groups is 1. The van der Waals surface area contributed by atoms with Crippen molar-refractivity contribution in [3.05, 3.63) is 56.2 Å². The van der Waals surface area contributed by atoms with Crippen molar-refractivity contribution in [1.82, 2.24) is 10.4 Å². The number of phenols is 1. The topological polar surface area (TPSA) is 74.6 Å². The van der Waals surface area contributed by atoms with Crippen molar-refractivity contribution in [2.75, 3.05) is 0 Å². The van der Waals surface area contributed by atoms with E-state index in [0.717, 1.165) is 10.2 Å². The zero-order valence-electron chi connectivity index (χ0n) is 11.0. The third-order valence-electron chi connectivity index (χ3n) is 2.61. The van der Waals surface area contributed by atoms with E-state index in [-0.39, 0.29) is 11.7 Å². The molecule has 0 spiro atoms. The summed E-state index contributed by atoms with van der Waals surface area (Å²) in [5.41, 5.74) is 4.31. The Bertz CT molecular complexity index is 700. The Labute approximate surface area is 138 Å². The Balaban J connectivity index is 2.07. The van der Waals surface area contributed by atoms with Crippen molar-refractivity contribution in [2.24, 2.45) is 5.10 Å². The van der Waals surface area contributed by atoms with E-state index in [1.807, 2.05) is 6.92 Å². The molecule has 2 aromatic rings. The molecule has 1 amide bonds. The lowest BCUT2D eigenvalue weighted by Crippen LogP contribution is -2.17. The fraction of sp³-hybridized carbons (Fsp3) is 0.0714. The van der Waals surface area contributed by atoms with Crippen molar-refractivity contribution in [1.29, 1.82) is 0 Å². The average molecular weight is 413 g/mol. The van der Waals surface area contributed by atoms with Gasteiger partial charge < -0.3 is 5.11 Å². The molecule has 1 aromatic heterocycles. The van der Waals surface area contributed by atoms with Crippen LogP contribution >= 0.6 is 31.9 Å². The predicted octanol–water partition coefficient (Wildman–Crippen LogP) is 3.38. The van der Waals surface area contributed by atoms with Crippen LogP contribution in [-0.2, 0) is 0 Å². The van der Waals surface area contributed by atoms with Crippen molar-refractivity contribution in [3.8, 4) is 5.75 Å². The number of amides is 1. The van der Waals surface area contributed by atoms with Crippen LogP contribution in [0.15, 0.2) is 44.5 Å². The lowest BCUT2D eigenvalue weighted by atomic mass is 10.2. The Kier molecular flexibility index (Phi) is 5.08. The smallest absolute Gasteiger partial charge is 0.272 e. The van der Waals surface area contributed by atoms with Gasteiger partial charge in [0.2, 0.25) is 0 Å². The number of benzene rings is 1. The van der Waals surface area contributed by atoms with Crippen LogP contribution in [0.3, 0.4) is 0 Å². The van der Waals surface area contributed by atoms with Crippen molar-refractivity contribution < 1.29 is 9.90 Å². The van der Waals surface area contributed by atoms with E-state index >= 15 is 0 Å². The first-order valence-corrected chi connectivity index (χ1v) is 7.50. The van der Waals surface area contributed by atoms with Gasteiger partial charge in [-0.2, -0.15) is 5.10 Å². The van der Waals surface area contributed by atoms with Gasteiger partial charge in [0, 0.05) is 21.9 Å². The number of phenolic OH excluding ortho intramolecular Hbond substituents is 1. The molecule has 2 rings (SSSR count). The van der Waals surface area contributed by atoms with Crippen LogP contribution in [0, 0.1) is 6.92 Å². The van der Waals surface area contributed by atoms with E-state index in [1.165, 1.54) is 18.5 Å². The van der Waals surface area contributed by atoms with E-state index in [1.54, 1.807) is 18.2 Å². The fourth-order valence-electron chi connectivity index (χ4n) is 1.48. The Morgan fingerprint density at radius 3 is 2.76 bits per heavy atom. The molecule has 0 saturated carbocycles. The molecule has 108 valence electrons. The third-order valence-corrected chi connectivity index (χ3v) is 3.93. The minimum Gasteiger partial charge on any atom is -0.507 e. The summed E-state index contributed by atoms with van der Waals surface area (Å²) in [6.45, 7) is 1.84. The molecule has 1 aromatic carbocycles. The lowest BCUT2D eigenvalue weighted by Gasteiger charge is -2.03. The first-order valence-electron chi connectivity index (χ1n) is 5.91. The molecule has 0 atom stereocenters. The van der Waals surface area contributed by atoms with Gasteiger partial charge in [-0.1, -0.05) is 15.9 Å². The zero-order chi connectivity index (χ0) is 15.4. The second-order valence-corrected chi connectivity index (χ2v) is 5.92. The number of aryl methyl sites for hydroxylation is 1. The number of aromatic nitrogens is 1. The first-order chi connectivity index (χ1) is 9.97. The molecule has 5 nitrogen and oxygen atoms in total. The summed E-state index contributed by atoms with van der Waals surface area (Å²) in [7, 11) is 0. The van der Waals surface area contributed by atoms with E-state index in [9.17, 15) is 9.90 Å². The van der Waals surface area contributed by atoms with Crippen molar-refractivity contribution in [3.63, 3.8) is 0 Å². The molecule has 0 aliphatic rings. The predicted molar refractivity (Wildman–Crippen MR) is 87.5 cm³/mol. The maximum atomic E-state index is 11.8. The molecule has 7 heteroatoms.